The first-order valence-electron chi connectivity index (χ1n) is 6.67. The molecular formula is C15H19NO5. The summed E-state index contributed by atoms with van der Waals surface area (Å²) in [5.74, 6) is -2.17. The van der Waals surface area contributed by atoms with Gasteiger partial charge in [0.2, 0.25) is 0 Å². The number of esters is 1. The summed E-state index contributed by atoms with van der Waals surface area (Å²) in [5, 5.41) is 11.5. The first-order chi connectivity index (χ1) is 9.97. The van der Waals surface area contributed by atoms with Crippen LogP contribution in [0.3, 0.4) is 0 Å². The second-order valence-electron chi connectivity index (χ2n) is 4.53. The molecule has 0 aliphatic carbocycles. The standard InChI is InChI=1S/C15H19NO5/c1-3-10-4-6-11(7-5-10)14(18)16-12(15(19)20)8-9-13(17)21-2/h4-7,12H,3,8-9H2,1-2H3,(H,16,18)(H,19,20). The van der Waals surface area contributed by atoms with E-state index in [0.717, 1.165) is 12.0 Å². The monoisotopic (exact) mass is 293 g/mol. The maximum atomic E-state index is 12.0. The summed E-state index contributed by atoms with van der Waals surface area (Å²) < 4.78 is 4.45. The third-order valence-electron chi connectivity index (χ3n) is 3.09. The van der Waals surface area contributed by atoms with E-state index < -0.39 is 23.9 Å². The number of aryl methyl sites for hydroxylation is 1. The van der Waals surface area contributed by atoms with Gasteiger partial charge in [0.1, 0.15) is 6.04 Å². The summed E-state index contributed by atoms with van der Waals surface area (Å²) in [5.41, 5.74) is 1.48. The molecule has 0 bridgehead atoms. The zero-order valence-corrected chi connectivity index (χ0v) is 12.1. The molecule has 0 aliphatic heterocycles. The number of carboxylic acid groups (broad SMARTS) is 1. The number of carbonyl (C=O) groups is 3. The third kappa shape index (κ3) is 5.25. The van der Waals surface area contributed by atoms with Crippen LogP contribution >= 0.6 is 0 Å². The molecule has 1 aromatic carbocycles. The molecule has 21 heavy (non-hydrogen) atoms. The summed E-state index contributed by atoms with van der Waals surface area (Å²) in [4.78, 5) is 34.1. The van der Waals surface area contributed by atoms with Gasteiger partial charge in [0.25, 0.3) is 5.91 Å². The average Bonchev–Trinajstić information content (AvgIpc) is 2.50. The topological polar surface area (TPSA) is 92.7 Å². The average molecular weight is 293 g/mol. The van der Waals surface area contributed by atoms with Crippen molar-refractivity contribution in [1.82, 2.24) is 5.32 Å². The fraction of sp³-hybridized carbons (Fsp3) is 0.400. The SMILES string of the molecule is CCc1ccc(C(=O)NC(CCC(=O)OC)C(=O)O)cc1. The van der Waals surface area contributed by atoms with E-state index >= 15 is 0 Å². The Morgan fingerprint density at radius 1 is 1.24 bits per heavy atom. The van der Waals surface area contributed by atoms with Crippen molar-refractivity contribution in [3.8, 4) is 0 Å². The second-order valence-corrected chi connectivity index (χ2v) is 4.53. The molecule has 0 fully saturated rings. The molecule has 6 nitrogen and oxygen atoms in total. The molecule has 114 valence electrons. The van der Waals surface area contributed by atoms with Gasteiger partial charge in [0.05, 0.1) is 7.11 Å². The van der Waals surface area contributed by atoms with Crippen molar-refractivity contribution in [3.63, 3.8) is 0 Å². The van der Waals surface area contributed by atoms with Crippen molar-refractivity contribution in [2.45, 2.75) is 32.2 Å². The van der Waals surface area contributed by atoms with Gasteiger partial charge in [-0.2, -0.15) is 0 Å². The van der Waals surface area contributed by atoms with Gasteiger partial charge in [-0.1, -0.05) is 19.1 Å². The summed E-state index contributed by atoms with van der Waals surface area (Å²) in [6, 6.07) is 5.81. The molecule has 1 atom stereocenters. The van der Waals surface area contributed by atoms with Crippen LogP contribution in [-0.4, -0.2) is 36.1 Å². The van der Waals surface area contributed by atoms with Crippen molar-refractivity contribution < 1.29 is 24.2 Å². The number of nitrogens with one attached hydrogen (secondary N) is 1. The predicted molar refractivity (Wildman–Crippen MR) is 76.0 cm³/mol. The highest BCUT2D eigenvalue weighted by Gasteiger charge is 2.21. The van der Waals surface area contributed by atoms with E-state index in [1.807, 2.05) is 19.1 Å². The van der Waals surface area contributed by atoms with Gasteiger partial charge < -0.3 is 15.2 Å². The number of hydrogen-bond acceptors (Lipinski definition) is 4. The molecule has 0 saturated heterocycles. The Morgan fingerprint density at radius 3 is 2.33 bits per heavy atom. The van der Waals surface area contributed by atoms with Crippen LogP contribution in [0.25, 0.3) is 0 Å². The number of rotatable bonds is 7. The Balaban J connectivity index is 2.66. The molecule has 1 unspecified atom stereocenters. The van der Waals surface area contributed by atoms with E-state index in [1.54, 1.807) is 12.1 Å². The van der Waals surface area contributed by atoms with Gasteiger partial charge in [0.15, 0.2) is 0 Å². The zero-order chi connectivity index (χ0) is 15.8. The maximum Gasteiger partial charge on any atom is 0.326 e. The third-order valence-corrected chi connectivity index (χ3v) is 3.09. The quantitative estimate of drug-likeness (QED) is 0.741. The molecule has 1 aromatic rings. The fourth-order valence-electron chi connectivity index (χ4n) is 1.76. The highest BCUT2D eigenvalue weighted by molar-refractivity contribution is 5.96. The molecule has 0 aromatic heterocycles. The lowest BCUT2D eigenvalue weighted by Crippen LogP contribution is -2.41. The van der Waals surface area contributed by atoms with Crippen LogP contribution in [0.15, 0.2) is 24.3 Å². The molecule has 0 spiro atoms. The van der Waals surface area contributed by atoms with Gasteiger partial charge >= 0.3 is 11.9 Å². The minimum absolute atomic E-state index is 0.0131. The fourth-order valence-corrected chi connectivity index (χ4v) is 1.76. The number of carboxylic acids is 1. The van der Waals surface area contributed by atoms with Crippen LogP contribution in [0.2, 0.25) is 0 Å². The number of carbonyl (C=O) groups excluding carboxylic acids is 2. The molecule has 6 heteroatoms. The first-order valence-corrected chi connectivity index (χ1v) is 6.67. The normalized spacial score (nSPS) is 11.5. The number of benzene rings is 1. The summed E-state index contributed by atoms with van der Waals surface area (Å²) >= 11 is 0. The van der Waals surface area contributed by atoms with Gasteiger partial charge in [-0.3, -0.25) is 9.59 Å². The Labute approximate surface area is 123 Å². The Morgan fingerprint density at radius 2 is 1.86 bits per heavy atom. The molecule has 0 heterocycles. The number of methoxy groups -OCH3 is 1. The van der Waals surface area contributed by atoms with Crippen molar-refractivity contribution in [2.75, 3.05) is 7.11 Å². The Kier molecular flexibility index (Phi) is 6.39. The van der Waals surface area contributed by atoms with Crippen molar-refractivity contribution >= 4 is 17.8 Å². The number of hydrogen-bond donors (Lipinski definition) is 2. The smallest absolute Gasteiger partial charge is 0.326 e. The molecule has 1 rings (SSSR count). The first kappa shape index (κ1) is 16.7. The molecule has 2 N–H and O–H groups in total. The van der Waals surface area contributed by atoms with Crippen LogP contribution in [0.4, 0.5) is 0 Å². The molecule has 0 radical (unpaired) electrons. The van der Waals surface area contributed by atoms with E-state index in [2.05, 4.69) is 10.1 Å². The van der Waals surface area contributed by atoms with Crippen molar-refractivity contribution in [3.05, 3.63) is 35.4 Å². The van der Waals surface area contributed by atoms with Crippen LogP contribution in [0, 0.1) is 0 Å². The lowest BCUT2D eigenvalue weighted by Gasteiger charge is -2.14. The summed E-state index contributed by atoms with van der Waals surface area (Å²) in [6.07, 6.45) is 0.780. The highest BCUT2D eigenvalue weighted by Crippen LogP contribution is 2.07. The molecule has 1 amide bonds. The summed E-state index contributed by atoms with van der Waals surface area (Å²) in [7, 11) is 1.23. The van der Waals surface area contributed by atoms with Gasteiger partial charge in [0, 0.05) is 12.0 Å². The van der Waals surface area contributed by atoms with Gasteiger partial charge in [-0.25, -0.2) is 4.79 Å². The summed E-state index contributed by atoms with van der Waals surface area (Å²) in [6.45, 7) is 2.00. The van der Waals surface area contributed by atoms with Crippen LogP contribution in [0.5, 0.6) is 0 Å². The van der Waals surface area contributed by atoms with Crippen LogP contribution in [0.1, 0.15) is 35.7 Å². The highest BCUT2D eigenvalue weighted by atomic mass is 16.5. The van der Waals surface area contributed by atoms with Crippen LogP contribution < -0.4 is 5.32 Å². The maximum absolute atomic E-state index is 12.0. The lowest BCUT2D eigenvalue weighted by atomic mass is 10.1. The molecule has 0 saturated carbocycles. The van der Waals surface area contributed by atoms with E-state index in [4.69, 9.17) is 5.11 Å². The number of aliphatic carboxylic acids is 1. The minimum Gasteiger partial charge on any atom is -0.480 e. The van der Waals surface area contributed by atoms with E-state index in [-0.39, 0.29) is 12.8 Å². The second kappa shape index (κ2) is 8.04. The van der Waals surface area contributed by atoms with Crippen molar-refractivity contribution in [1.29, 1.82) is 0 Å². The predicted octanol–water partition coefficient (Wildman–Crippen LogP) is 1.39. The van der Waals surface area contributed by atoms with Gasteiger partial charge in [-0.15, -0.1) is 0 Å². The van der Waals surface area contributed by atoms with Crippen LogP contribution in [-0.2, 0) is 20.7 Å². The number of amides is 1. The Hall–Kier alpha value is -2.37. The van der Waals surface area contributed by atoms with Crippen molar-refractivity contribution in [2.24, 2.45) is 0 Å². The van der Waals surface area contributed by atoms with Gasteiger partial charge in [-0.05, 0) is 30.5 Å². The molecule has 0 aliphatic rings. The minimum atomic E-state index is -1.18. The van der Waals surface area contributed by atoms with E-state index in [0.29, 0.717) is 5.56 Å². The Bertz CT molecular complexity index is 509. The number of ether oxygens (including phenoxy) is 1. The van der Waals surface area contributed by atoms with E-state index in [9.17, 15) is 14.4 Å². The largest absolute Gasteiger partial charge is 0.480 e. The lowest BCUT2D eigenvalue weighted by molar-refractivity contribution is -0.142. The zero-order valence-electron chi connectivity index (χ0n) is 12.1. The molecular weight excluding hydrogens is 274 g/mol. The van der Waals surface area contributed by atoms with E-state index in [1.165, 1.54) is 7.11 Å².